The molecule has 1 N–H and O–H groups in total. The lowest BCUT2D eigenvalue weighted by molar-refractivity contribution is -0.137. The molecule has 0 atom stereocenters. The number of aryl methyl sites for hydroxylation is 2. The molecule has 0 unspecified atom stereocenters. The van der Waals surface area contributed by atoms with Gasteiger partial charge in [0.2, 0.25) is 5.91 Å². The molecule has 2 aromatic heterocycles. The molecule has 5 rings (SSSR count). The van der Waals surface area contributed by atoms with Crippen molar-refractivity contribution in [1.29, 1.82) is 0 Å². The molecule has 0 saturated carbocycles. The highest BCUT2D eigenvalue weighted by Gasteiger charge is 2.33. The van der Waals surface area contributed by atoms with Gasteiger partial charge < -0.3 is 0 Å². The van der Waals surface area contributed by atoms with Crippen molar-refractivity contribution in [1.82, 2.24) is 19.7 Å². The predicted octanol–water partition coefficient (Wildman–Crippen LogP) is 6.76. The van der Waals surface area contributed by atoms with E-state index in [1.807, 2.05) is 39.0 Å². The standard InChI is InChI=1S/C29H26F3N7O2S/c1-16(2)22-10-5-17(3)11-23(22)39-24(40)14-42-28(39)36-27(41)35-25-18(4)12-19(13-33-25)26-34-15-38(37-26)21-8-6-20(7-9-21)29(30,31)32/h5-13,15-16H,14H2,1-4H3,(H,33,35,41)/b36-28-. The zero-order chi connectivity index (χ0) is 30.2. The van der Waals surface area contributed by atoms with Crippen LogP contribution in [0.5, 0.6) is 0 Å². The molecule has 4 aromatic rings. The number of benzene rings is 2. The molecule has 42 heavy (non-hydrogen) atoms. The molecular weight excluding hydrogens is 567 g/mol. The Kier molecular flexibility index (Phi) is 7.87. The molecule has 1 fully saturated rings. The van der Waals surface area contributed by atoms with Gasteiger partial charge in [-0.05, 0) is 72.9 Å². The van der Waals surface area contributed by atoms with E-state index < -0.39 is 17.8 Å². The van der Waals surface area contributed by atoms with E-state index >= 15 is 0 Å². The second kappa shape index (κ2) is 11.4. The fraction of sp³-hybridized carbons (Fsp3) is 0.241. The molecule has 216 valence electrons. The third-order valence-corrected chi connectivity index (χ3v) is 7.45. The number of amides is 3. The number of aliphatic imine (C=N–C) groups is 1. The second-order valence-corrected chi connectivity index (χ2v) is 10.9. The third-order valence-electron chi connectivity index (χ3n) is 6.52. The summed E-state index contributed by atoms with van der Waals surface area (Å²) in [5.74, 6) is 0.764. The van der Waals surface area contributed by atoms with Crippen LogP contribution < -0.4 is 10.2 Å². The van der Waals surface area contributed by atoms with Crippen LogP contribution in [0.15, 0.2) is 66.0 Å². The molecule has 0 bridgehead atoms. The number of hydrogen-bond donors (Lipinski definition) is 1. The van der Waals surface area contributed by atoms with Crippen molar-refractivity contribution >= 4 is 40.4 Å². The first-order valence-electron chi connectivity index (χ1n) is 12.9. The van der Waals surface area contributed by atoms with Crippen LogP contribution in [-0.4, -0.2) is 42.6 Å². The Bertz CT molecular complexity index is 1700. The van der Waals surface area contributed by atoms with Crippen LogP contribution in [0.25, 0.3) is 17.1 Å². The summed E-state index contributed by atoms with van der Waals surface area (Å²) in [4.78, 5) is 40.0. The minimum Gasteiger partial charge on any atom is -0.290 e. The Labute approximate surface area is 243 Å². The normalized spacial score (nSPS) is 14.7. The van der Waals surface area contributed by atoms with Gasteiger partial charge in [0.15, 0.2) is 11.0 Å². The third kappa shape index (κ3) is 6.05. The monoisotopic (exact) mass is 593 g/mol. The maximum absolute atomic E-state index is 12.9. The molecule has 1 aliphatic heterocycles. The van der Waals surface area contributed by atoms with Gasteiger partial charge >= 0.3 is 12.2 Å². The van der Waals surface area contributed by atoms with Gasteiger partial charge in [0.1, 0.15) is 12.1 Å². The fourth-order valence-electron chi connectivity index (χ4n) is 4.38. The van der Waals surface area contributed by atoms with Crippen LogP contribution >= 0.6 is 11.8 Å². The van der Waals surface area contributed by atoms with Gasteiger partial charge in [-0.15, -0.1) is 5.10 Å². The average Bonchev–Trinajstić information content (AvgIpc) is 3.56. The summed E-state index contributed by atoms with van der Waals surface area (Å²) in [6, 6.07) is 11.5. The number of rotatable bonds is 5. The van der Waals surface area contributed by atoms with Gasteiger partial charge in [0, 0.05) is 11.8 Å². The van der Waals surface area contributed by atoms with Gasteiger partial charge in [-0.1, -0.05) is 37.7 Å². The van der Waals surface area contributed by atoms with E-state index in [4.69, 9.17) is 0 Å². The van der Waals surface area contributed by atoms with Gasteiger partial charge in [-0.25, -0.2) is 19.4 Å². The molecule has 2 aromatic carbocycles. The van der Waals surface area contributed by atoms with Crippen molar-refractivity contribution < 1.29 is 22.8 Å². The average molecular weight is 594 g/mol. The van der Waals surface area contributed by atoms with E-state index in [1.165, 1.54) is 46.0 Å². The first kappa shape index (κ1) is 29.0. The van der Waals surface area contributed by atoms with Crippen LogP contribution in [0.1, 0.15) is 42.0 Å². The van der Waals surface area contributed by atoms with Crippen molar-refractivity contribution in [2.75, 3.05) is 16.0 Å². The number of hydrogen-bond acceptors (Lipinski definition) is 6. The topological polar surface area (TPSA) is 105 Å². The number of aromatic nitrogens is 4. The van der Waals surface area contributed by atoms with Gasteiger partial charge in [0.05, 0.1) is 22.7 Å². The number of nitrogens with one attached hydrogen (secondary N) is 1. The number of carbonyl (C=O) groups is 2. The maximum Gasteiger partial charge on any atom is 0.416 e. The number of anilines is 2. The lowest BCUT2D eigenvalue weighted by Gasteiger charge is -2.22. The molecule has 3 heterocycles. The molecular formula is C29H26F3N7O2S. The van der Waals surface area contributed by atoms with Crippen molar-refractivity contribution in [3.8, 4) is 17.1 Å². The molecule has 3 amide bonds. The summed E-state index contributed by atoms with van der Waals surface area (Å²) < 4.78 is 40.0. The van der Waals surface area contributed by atoms with E-state index in [0.717, 1.165) is 23.3 Å². The summed E-state index contributed by atoms with van der Waals surface area (Å²) in [6.07, 6.45) is -1.56. The first-order valence-corrected chi connectivity index (χ1v) is 13.9. The maximum atomic E-state index is 12.9. The second-order valence-electron chi connectivity index (χ2n) is 10.0. The van der Waals surface area contributed by atoms with Crippen molar-refractivity contribution in [3.05, 3.63) is 83.3 Å². The number of carbonyl (C=O) groups excluding carboxylic acids is 2. The smallest absolute Gasteiger partial charge is 0.290 e. The Morgan fingerprint density at radius 2 is 1.81 bits per heavy atom. The van der Waals surface area contributed by atoms with E-state index in [2.05, 4.69) is 25.4 Å². The summed E-state index contributed by atoms with van der Waals surface area (Å²) >= 11 is 1.20. The van der Waals surface area contributed by atoms with Crippen LogP contribution in [0, 0.1) is 13.8 Å². The Balaban J connectivity index is 1.33. The summed E-state index contributed by atoms with van der Waals surface area (Å²) in [5.41, 5.74) is 3.50. The molecule has 0 radical (unpaired) electrons. The zero-order valence-electron chi connectivity index (χ0n) is 23.1. The van der Waals surface area contributed by atoms with Gasteiger partial charge in [-0.2, -0.15) is 18.2 Å². The van der Waals surface area contributed by atoms with Crippen LogP contribution in [0.3, 0.4) is 0 Å². The highest BCUT2D eigenvalue weighted by molar-refractivity contribution is 8.15. The number of halogens is 3. The molecule has 13 heteroatoms. The van der Waals surface area contributed by atoms with E-state index in [9.17, 15) is 22.8 Å². The number of amidine groups is 1. The van der Waals surface area contributed by atoms with Crippen LogP contribution in [-0.2, 0) is 11.0 Å². The SMILES string of the molecule is Cc1ccc(C(C)C)c(N2C(=O)CS/C2=N\C(=O)Nc2ncc(-c3ncn(-c4ccc(C(F)(F)F)cc4)n3)cc2C)c1. The van der Waals surface area contributed by atoms with Crippen molar-refractivity contribution in [2.24, 2.45) is 4.99 Å². The lowest BCUT2D eigenvalue weighted by Crippen LogP contribution is -2.31. The summed E-state index contributed by atoms with van der Waals surface area (Å²) in [6.45, 7) is 7.77. The largest absolute Gasteiger partial charge is 0.416 e. The summed E-state index contributed by atoms with van der Waals surface area (Å²) in [7, 11) is 0. The summed E-state index contributed by atoms with van der Waals surface area (Å²) in [5, 5.41) is 7.31. The fourth-order valence-corrected chi connectivity index (χ4v) is 5.24. The number of pyridine rings is 1. The Morgan fingerprint density at radius 1 is 1.07 bits per heavy atom. The van der Waals surface area contributed by atoms with Crippen LogP contribution in [0.2, 0.25) is 0 Å². The molecule has 0 aliphatic carbocycles. The minimum atomic E-state index is -4.43. The Hall–Kier alpha value is -4.52. The Morgan fingerprint density at radius 3 is 2.48 bits per heavy atom. The van der Waals surface area contributed by atoms with Crippen LogP contribution in [0.4, 0.5) is 29.5 Å². The predicted molar refractivity (Wildman–Crippen MR) is 156 cm³/mol. The number of nitrogens with zero attached hydrogens (tertiary/aromatic N) is 6. The number of alkyl halides is 3. The zero-order valence-corrected chi connectivity index (χ0v) is 23.9. The van der Waals surface area contributed by atoms with E-state index in [0.29, 0.717) is 28.3 Å². The molecule has 9 nitrogen and oxygen atoms in total. The first-order chi connectivity index (χ1) is 19.9. The highest BCUT2D eigenvalue weighted by atomic mass is 32.2. The quantitative estimate of drug-likeness (QED) is 0.274. The number of urea groups is 1. The van der Waals surface area contributed by atoms with Gasteiger partial charge in [0.25, 0.3) is 0 Å². The van der Waals surface area contributed by atoms with Gasteiger partial charge in [-0.3, -0.25) is 15.0 Å². The highest BCUT2D eigenvalue weighted by Crippen LogP contribution is 2.34. The van der Waals surface area contributed by atoms with Crippen molar-refractivity contribution in [2.45, 2.75) is 39.8 Å². The molecule has 1 saturated heterocycles. The minimum absolute atomic E-state index is 0.152. The van der Waals surface area contributed by atoms with Crippen molar-refractivity contribution in [3.63, 3.8) is 0 Å². The molecule has 0 spiro atoms. The molecule has 1 aliphatic rings. The van der Waals surface area contributed by atoms with E-state index in [-0.39, 0.29) is 28.6 Å². The number of thioether (sulfide) groups is 1. The lowest BCUT2D eigenvalue weighted by atomic mass is 9.99. The van der Waals surface area contributed by atoms with E-state index in [1.54, 1.807) is 13.0 Å².